The molecule has 3 atom stereocenters. The Morgan fingerprint density at radius 2 is 1.72 bits per heavy atom. The number of hydrogen-bond acceptors (Lipinski definition) is 6. The standard InChI is InChI=1S/C33H33F2N6O8P/c1-19(42)39-15-13-24-10-12-28(31(45)36-22-6-8-23(9-7-22)40-14-3-2-4-29(40)43)41(24)32(46)27(18-39)38-30(44)26-17-20-16-21(5-11-25(20)37-26)33(34,35)50(47,48)49/h2-9,11,14,16-17,24,27-28,37H,10,12-13,15,18H2,1H3,(H,36,45)(H,38,44)(H2,47,48,49)/t24-,27+,28+/m1/s1. The van der Waals surface area contributed by atoms with Gasteiger partial charge < -0.3 is 35.2 Å². The molecule has 2 aromatic carbocycles. The Hall–Kier alpha value is -5.18. The molecule has 5 N–H and O–H groups in total. The van der Waals surface area contributed by atoms with Crippen molar-refractivity contribution < 1.29 is 42.3 Å². The minimum absolute atomic E-state index is 0.0651. The van der Waals surface area contributed by atoms with Gasteiger partial charge in [0.1, 0.15) is 17.8 Å². The van der Waals surface area contributed by atoms with E-state index in [1.165, 1.54) is 33.4 Å². The first-order valence-electron chi connectivity index (χ1n) is 15.7. The van der Waals surface area contributed by atoms with Crippen molar-refractivity contribution in [3.8, 4) is 5.69 Å². The summed E-state index contributed by atoms with van der Waals surface area (Å²) >= 11 is 0. The number of hydrogen-bond donors (Lipinski definition) is 5. The molecule has 262 valence electrons. The largest absolute Gasteiger partial charge is 0.399 e. The predicted molar refractivity (Wildman–Crippen MR) is 177 cm³/mol. The Kier molecular flexibility index (Phi) is 9.20. The van der Waals surface area contributed by atoms with Gasteiger partial charge in [-0.2, -0.15) is 8.78 Å². The van der Waals surface area contributed by atoms with Crippen LogP contribution in [0.5, 0.6) is 0 Å². The SMILES string of the molecule is CC(=O)N1CC[C@H]2CC[C@@H](C(=O)Nc3ccc(-n4ccccc4=O)cc3)N2C(=O)[C@@H](NC(=O)c2cc3cc(C(F)(F)P(=O)(O)O)ccc3[nH]2)C1. The third kappa shape index (κ3) is 6.69. The molecular weight excluding hydrogens is 677 g/mol. The summed E-state index contributed by atoms with van der Waals surface area (Å²) < 4.78 is 41.5. The Morgan fingerprint density at radius 3 is 2.40 bits per heavy atom. The zero-order valence-electron chi connectivity index (χ0n) is 26.6. The Balaban J connectivity index is 1.22. The number of aromatic amines is 1. The van der Waals surface area contributed by atoms with Gasteiger partial charge in [0.2, 0.25) is 17.7 Å². The van der Waals surface area contributed by atoms with Crippen LogP contribution in [-0.2, 0) is 24.6 Å². The molecule has 0 spiro atoms. The Labute approximate surface area is 283 Å². The Morgan fingerprint density at radius 1 is 0.980 bits per heavy atom. The first-order chi connectivity index (χ1) is 23.6. The van der Waals surface area contributed by atoms with Crippen molar-refractivity contribution in [2.75, 3.05) is 18.4 Å². The topological polar surface area (TPSA) is 194 Å². The summed E-state index contributed by atoms with van der Waals surface area (Å²) in [5, 5.41) is 5.53. The van der Waals surface area contributed by atoms with Crippen molar-refractivity contribution in [1.82, 2.24) is 24.7 Å². The van der Waals surface area contributed by atoms with Crippen LogP contribution in [0.4, 0.5) is 14.5 Å². The molecule has 2 aromatic heterocycles. The van der Waals surface area contributed by atoms with E-state index in [1.54, 1.807) is 42.6 Å². The summed E-state index contributed by atoms with van der Waals surface area (Å²) in [5.41, 5.74) is -4.49. The van der Waals surface area contributed by atoms with Gasteiger partial charge in [-0.25, -0.2) is 0 Å². The molecule has 0 bridgehead atoms. The lowest BCUT2D eigenvalue weighted by molar-refractivity contribution is -0.143. The van der Waals surface area contributed by atoms with Gasteiger partial charge in [-0.1, -0.05) is 12.1 Å². The van der Waals surface area contributed by atoms with Crippen LogP contribution in [-0.4, -0.2) is 84.0 Å². The van der Waals surface area contributed by atoms with Gasteiger partial charge in [0, 0.05) is 66.2 Å². The number of aromatic nitrogens is 2. The maximum Gasteiger partial charge on any atom is 0.399 e. The highest BCUT2D eigenvalue weighted by Crippen LogP contribution is 2.59. The molecule has 4 amide bonds. The molecule has 2 aliphatic rings. The number of halogens is 2. The number of carbonyl (C=O) groups excluding carboxylic acids is 4. The number of nitrogens with zero attached hydrogens (tertiary/aromatic N) is 3. The lowest BCUT2D eigenvalue weighted by atomic mass is 10.1. The molecule has 4 aromatic rings. The van der Waals surface area contributed by atoms with E-state index >= 15 is 0 Å². The van der Waals surface area contributed by atoms with Crippen molar-refractivity contribution in [2.24, 2.45) is 0 Å². The molecule has 0 aliphatic carbocycles. The van der Waals surface area contributed by atoms with E-state index in [2.05, 4.69) is 15.6 Å². The number of amides is 4. The van der Waals surface area contributed by atoms with Gasteiger partial charge in [0.15, 0.2) is 0 Å². The van der Waals surface area contributed by atoms with Crippen LogP contribution in [0, 0.1) is 0 Å². The number of fused-ring (bicyclic) bond motifs is 2. The van der Waals surface area contributed by atoms with Crippen molar-refractivity contribution in [2.45, 2.75) is 50.0 Å². The summed E-state index contributed by atoms with van der Waals surface area (Å²) in [5.74, 6) is -2.15. The van der Waals surface area contributed by atoms with E-state index in [-0.39, 0.29) is 41.2 Å². The van der Waals surface area contributed by atoms with Crippen molar-refractivity contribution in [3.05, 3.63) is 94.5 Å². The second-order valence-corrected chi connectivity index (χ2v) is 13.9. The van der Waals surface area contributed by atoms with E-state index in [1.807, 2.05) is 0 Å². The molecule has 2 saturated heterocycles. The maximum atomic E-state index is 14.3. The van der Waals surface area contributed by atoms with Crippen LogP contribution >= 0.6 is 7.60 Å². The lowest BCUT2D eigenvalue weighted by Crippen LogP contribution is -2.60. The summed E-state index contributed by atoms with van der Waals surface area (Å²) in [6.07, 6.45) is 2.86. The highest BCUT2D eigenvalue weighted by molar-refractivity contribution is 7.52. The molecule has 0 unspecified atom stereocenters. The monoisotopic (exact) mass is 710 g/mol. The molecule has 6 rings (SSSR count). The third-order valence-electron chi connectivity index (χ3n) is 9.06. The van der Waals surface area contributed by atoms with Crippen LogP contribution < -0.4 is 16.2 Å². The van der Waals surface area contributed by atoms with Crippen molar-refractivity contribution >= 4 is 47.8 Å². The van der Waals surface area contributed by atoms with Gasteiger partial charge >= 0.3 is 13.3 Å². The van der Waals surface area contributed by atoms with Gasteiger partial charge in [0.05, 0.1) is 0 Å². The number of pyridine rings is 1. The second kappa shape index (κ2) is 13.3. The highest BCUT2D eigenvalue weighted by Gasteiger charge is 2.50. The summed E-state index contributed by atoms with van der Waals surface area (Å²) in [6.45, 7) is 1.43. The fourth-order valence-corrected chi connectivity index (χ4v) is 6.92. The zero-order chi connectivity index (χ0) is 36.0. The van der Waals surface area contributed by atoms with E-state index in [0.29, 0.717) is 30.6 Å². The molecule has 17 heteroatoms. The number of rotatable bonds is 7. The Bertz CT molecular complexity index is 2100. The van der Waals surface area contributed by atoms with Crippen LogP contribution in [0.1, 0.15) is 42.2 Å². The van der Waals surface area contributed by atoms with Crippen LogP contribution in [0.25, 0.3) is 16.6 Å². The minimum Gasteiger partial charge on any atom is -0.351 e. The molecule has 50 heavy (non-hydrogen) atoms. The fourth-order valence-electron chi connectivity index (χ4n) is 6.44. The fraction of sp³-hybridized carbons (Fsp3) is 0.303. The average molecular weight is 711 g/mol. The van der Waals surface area contributed by atoms with Crippen molar-refractivity contribution in [3.63, 3.8) is 0 Å². The molecule has 0 radical (unpaired) electrons. The molecule has 2 aliphatic heterocycles. The van der Waals surface area contributed by atoms with E-state index < -0.39 is 54.7 Å². The second-order valence-electron chi connectivity index (χ2n) is 12.3. The number of H-pyrrole nitrogens is 1. The highest BCUT2D eigenvalue weighted by atomic mass is 31.2. The molecule has 4 heterocycles. The molecule has 0 saturated carbocycles. The summed E-state index contributed by atoms with van der Waals surface area (Å²) in [7, 11) is -5.83. The molecule has 2 fully saturated rings. The number of nitrogens with one attached hydrogen (secondary N) is 3. The van der Waals surface area contributed by atoms with E-state index in [4.69, 9.17) is 9.79 Å². The third-order valence-corrected chi connectivity index (χ3v) is 10.0. The van der Waals surface area contributed by atoms with E-state index in [0.717, 1.165) is 18.2 Å². The average Bonchev–Trinajstić information content (AvgIpc) is 3.69. The van der Waals surface area contributed by atoms with Gasteiger partial charge in [0.25, 0.3) is 11.5 Å². The van der Waals surface area contributed by atoms with Crippen LogP contribution in [0.3, 0.4) is 0 Å². The predicted octanol–water partition coefficient (Wildman–Crippen LogP) is 2.89. The van der Waals surface area contributed by atoms with Crippen LogP contribution in [0.2, 0.25) is 0 Å². The van der Waals surface area contributed by atoms with Crippen LogP contribution in [0.15, 0.2) is 77.7 Å². The zero-order valence-corrected chi connectivity index (χ0v) is 27.5. The van der Waals surface area contributed by atoms with Crippen molar-refractivity contribution in [1.29, 1.82) is 0 Å². The molecule has 14 nitrogen and oxygen atoms in total. The number of carbonyl (C=O) groups is 4. The summed E-state index contributed by atoms with van der Waals surface area (Å²) in [6, 6.07) is 12.9. The first kappa shape index (κ1) is 34.7. The lowest BCUT2D eigenvalue weighted by Gasteiger charge is -2.38. The smallest absolute Gasteiger partial charge is 0.351 e. The quantitative estimate of drug-likeness (QED) is 0.181. The van der Waals surface area contributed by atoms with E-state index in [9.17, 15) is 37.3 Å². The van der Waals surface area contributed by atoms with Gasteiger partial charge in [-0.15, -0.1) is 0 Å². The normalized spacial score (nSPS) is 19.9. The number of anilines is 1. The first-order valence-corrected chi connectivity index (χ1v) is 17.3. The maximum absolute atomic E-state index is 14.3. The van der Waals surface area contributed by atoms with Gasteiger partial charge in [-0.05, 0) is 67.8 Å². The molecular formula is C33H33F2N6O8P. The van der Waals surface area contributed by atoms with Gasteiger partial charge in [-0.3, -0.25) is 33.1 Å². The number of benzene rings is 2. The summed E-state index contributed by atoms with van der Waals surface area (Å²) in [4.78, 5) is 89.7. The number of alkyl halides is 2. The minimum atomic E-state index is -5.83.